The van der Waals surface area contributed by atoms with Gasteiger partial charge in [-0.25, -0.2) is 0 Å². The minimum absolute atomic E-state index is 0.0991. The van der Waals surface area contributed by atoms with Crippen LogP contribution in [0.3, 0.4) is 0 Å². The molecule has 3 rings (SSSR count). The fourth-order valence-corrected chi connectivity index (χ4v) is 3.82. The van der Waals surface area contributed by atoms with Crippen molar-refractivity contribution in [3.8, 4) is 11.5 Å². The van der Waals surface area contributed by atoms with E-state index in [0.717, 1.165) is 49.7 Å². The molecular formula is C23H37N3O3. The molecule has 29 heavy (non-hydrogen) atoms. The summed E-state index contributed by atoms with van der Waals surface area (Å²) in [5.41, 5.74) is 1.11. The van der Waals surface area contributed by atoms with Gasteiger partial charge in [-0.2, -0.15) is 0 Å². The van der Waals surface area contributed by atoms with Crippen LogP contribution in [-0.2, 0) is 10.2 Å². The molecule has 1 aromatic rings. The van der Waals surface area contributed by atoms with E-state index in [-0.39, 0.29) is 5.41 Å². The van der Waals surface area contributed by atoms with Crippen LogP contribution in [0, 0.1) is 5.92 Å². The lowest BCUT2D eigenvalue weighted by atomic mass is 9.84. The van der Waals surface area contributed by atoms with Crippen LogP contribution in [0.4, 0.5) is 0 Å². The summed E-state index contributed by atoms with van der Waals surface area (Å²) in [6.45, 7) is 12.2. The van der Waals surface area contributed by atoms with Crippen LogP contribution in [0.25, 0.3) is 0 Å². The fraction of sp³-hybridized carbons (Fsp3) is 0.696. The zero-order valence-corrected chi connectivity index (χ0v) is 18.5. The van der Waals surface area contributed by atoms with Crippen LogP contribution in [0.5, 0.6) is 11.5 Å². The number of benzene rings is 1. The van der Waals surface area contributed by atoms with Gasteiger partial charge in [0.25, 0.3) is 0 Å². The summed E-state index contributed by atoms with van der Waals surface area (Å²) >= 11 is 0. The Morgan fingerprint density at radius 1 is 1.14 bits per heavy atom. The van der Waals surface area contributed by atoms with Crippen molar-refractivity contribution in [1.29, 1.82) is 0 Å². The Kier molecular flexibility index (Phi) is 7.64. The van der Waals surface area contributed by atoms with Gasteiger partial charge in [-0.3, -0.25) is 4.99 Å². The molecule has 0 spiro atoms. The molecule has 0 amide bonds. The molecule has 162 valence electrons. The smallest absolute Gasteiger partial charge is 0.193 e. The first-order valence-corrected chi connectivity index (χ1v) is 11.0. The second kappa shape index (κ2) is 10.2. The van der Waals surface area contributed by atoms with Crippen molar-refractivity contribution in [2.45, 2.75) is 45.4 Å². The topological polar surface area (TPSA) is 55.3 Å². The lowest BCUT2D eigenvalue weighted by Gasteiger charge is -2.29. The molecule has 1 fully saturated rings. The van der Waals surface area contributed by atoms with Gasteiger partial charge < -0.3 is 24.4 Å². The molecule has 0 saturated carbocycles. The Labute approximate surface area is 175 Å². The van der Waals surface area contributed by atoms with E-state index >= 15 is 0 Å². The predicted molar refractivity (Wildman–Crippen MR) is 117 cm³/mol. The van der Waals surface area contributed by atoms with E-state index in [0.29, 0.717) is 19.8 Å². The molecule has 1 saturated heterocycles. The third-order valence-electron chi connectivity index (χ3n) is 5.86. The minimum Gasteiger partial charge on any atom is -0.486 e. The third kappa shape index (κ3) is 6.01. The van der Waals surface area contributed by atoms with Crippen LogP contribution in [0.1, 0.15) is 45.6 Å². The highest BCUT2D eigenvalue weighted by Gasteiger charge is 2.24. The highest BCUT2D eigenvalue weighted by molar-refractivity contribution is 5.79. The van der Waals surface area contributed by atoms with Crippen molar-refractivity contribution in [3.05, 3.63) is 23.8 Å². The maximum absolute atomic E-state index is 5.76. The van der Waals surface area contributed by atoms with Crippen molar-refractivity contribution in [3.63, 3.8) is 0 Å². The average molecular weight is 404 g/mol. The van der Waals surface area contributed by atoms with Crippen molar-refractivity contribution in [1.82, 2.24) is 10.2 Å². The van der Waals surface area contributed by atoms with E-state index in [1.54, 1.807) is 0 Å². The molecule has 6 nitrogen and oxygen atoms in total. The van der Waals surface area contributed by atoms with Crippen LogP contribution in [0.15, 0.2) is 23.2 Å². The number of nitrogens with zero attached hydrogens (tertiary/aromatic N) is 2. The summed E-state index contributed by atoms with van der Waals surface area (Å²) < 4.78 is 16.9. The summed E-state index contributed by atoms with van der Waals surface area (Å²) in [5, 5.41) is 3.45. The number of rotatable bonds is 7. The maximum atomic E-state index is 5.76. The Hall–Kier alpha value is -1.95. The second-order valence-electron chi connectivity index (χ2n) is 8.68. The maximum Gasteiger partial charge on any atom is 0.193 e. The van der Waals surface area contributed by atoms with Gasteiger partial charge in [-0.15, -0.1) is 0 Å². The number of hydrogen-bond acceptors (Lipinski definition) is 4. The summed E-state index contributed by atoms with van der Waals surface area (Å²) in [4.78, 5) is 7.23. The van der Waals surface area contributed by atoms with Crippen LogP contribution in [0.2, 0.25) is 0 Å². The van der Waals surface area contributed by atoms with Crippen molar-refractivity contribution in [2.24, 2.45) is 10.9 Å². The standard InChI is InChI=1S/C23H37N3O3/c1-5-24-22(26(4)11-8-18-9-12-27-13-10-18)25-17-23(2,3)19-6-7-20-21(16-19)29-15-14-28-20/h6-7,16,18H,5,8-15,17H2,1-4H3,(H,24,25). The highest BCUT2D eigenvalue weighted by Crippen LogP contribution is 2.35. The Morgan fingerprint density at radius 3 is 2.59 bits per heavy atom. The van der Waals surface area contributed by atoms with Crippen LogP contribution < -0.4 is 14.8 Å². The van der Waals surface area contributed by atoms with Gasteiger partial charge in [0.2, 0.25) is 0 Å². The van der Waals surface area contributed by atoms with E-state index < -0.39 is 0 Å². The second-order valence-corrected chi connectivity index (χ2v) is 8.68. The average Bonchev–Trinajstić information content (AvgIpc) is 2.75. The SMILES string of the molecule is CCNC(=NCC(C)(C)c1ccc2c(c1)OCCO2)N(C)CCC1CCOCC1. The fourth-order valence-electron chi connectivity index (χ4n) is 3.82. The summed E-state index contributed by atoms with van der Waals surface area (Å²) in [7, 11) is 2.14. The minimum atomic E-state index is -0.0991. The molecule has 0 bridgehead atoms. The molecule has 1 N–H and O–H groups in total. The number of hydrogen-bond donors (Lipinski definition) is 1. The monoisotopic (exact) mass is 403 g/mol. The Balaban J connectivity index is 1.62. The lowest BCUT2D eigenvalue weighted by molar-refractivity contribution is 0.0625. The molecule has 6 heteroatoms. The van der Waals surface area contributed by atoms with Gasteiger partial charge in [0.05, 0.1) is 6.54 Å². The summed E-state index contributed by atoms with van der Waals surface area (Å²) in [6.07, 6.45) is 3.55. The van der Waals surface area contributed by atoms with E-state index in [4.69, 9.17) is 19.2 Å². The van der Waals surface area contributed by atoms with E-state index in [9.17, 15) is 0 Å². The van der Waals surface area contributed by atoms with Gasteiger partial charge in [-0.05, 0) is 49.8 Å². The van der Waals surface area contributed by atoms with Gasteiger partial charge in [0, 0.05) is 38.8 Å². The molecule has 0 atom stereocenters. The lowest BCUT2D eigenvalue weighted by Crippen LogP contribution is -2.41. The van der Waals surface area contributed by atoms with E-state index in [1.165, 1.54) is 24.8 Å². The number of fused-ring (bicyclic) bond motifs is 1. The number of guanidine groups is 1. The van der Waals surface area contributed by atoms with Gasteiger partial charge in [-0.1, -0.05) is 19.9 Å². The molecule has 2 aliphatic rings. The van der Waals surface area contributed by atoms with Crippen LogP contribution >= 0.6 is 0 Å². The van der Waals surface area contributed by atoms with Crippen LogP contribution in [-0.4, -0.2) is 64.0 Å². The first kappa shape index (κ1) is 21.8. The first-order valence-electron chi connectivity index (χ1n) is 11.0. The Bertz CT molecular complexity index is 684. The van der Waals surface area contributed by atoms with Gasteiger partial charge in [0.15, 0.2) is 17.5 Å². The molecule has 0 aliphatic carbocycles. The number of nitrogens with one attached hydrogen (secondary N) is 1. The molecule has 2 aliphatic heterocycles. The quantitative estimate of drug-likeness (QED) is 0.558. The van der Waals surface area contributed by atoms with Crippen molar-refractivity contribution >= 4 is 5.96 Å². The van der Waals surface area contributed by atoms with E-state index in [1.807, 2.05) is 6.07 Å². The van der Waals surface area contributed by atoms with Crippen molar-refractivity contribution in [2.75, 3.05) is 53.1 Å². The normalized spacial score (nSPS) is 17.9. The molecule has 2 heterocycles. The summed E-state index contributed by atoms with van der Waals surface area (Å²) in [5.74, 6) is 3.42. The summed E-state index contributed by atoms with van der Waals surface area (Å²) in [6, 6.07) is 6.25. The third-order valence-corrected chi connectivity index (χ3v) is 5.86. The number of aliphatic imine (C=N–C) groups is 1. The zero-order chi connectivity index (χ0) is 20.7. The molecule has 0 aromatic heterocycles. The molecule has 1 aromatic carbocycles. The predicted octanol–water partition coefficient (Wildman–Crippen LogP) is 3.45. The first-order chi connectivity index (χ1) is 14.0. The largest absolute Gasteiger partial charge is 0.486 e. The van der Waals surface area contributed by atoms with Gasteiger partial charge >= 0.3 is 0 Å². The molecule has 0 unspecified atom stereocenters. The zero-order valence-electron chi connectivity index (χ0n) is 18.5. The number of ether oxygens (including phenoxy) is 3. The van der Waals surface area contributed by atoms with Gasteiger partial charge in [0.1, 0.15) is 13.2 Å². The molecular weight excluding hydrogens is 366 g/mol. The van der Waals surface area contributed by atoms with E-state index in [2.05, 4.69) is 50.2 Å². The Morgan fingerprint density at radius 2 is 1.86 bits per heavy atom. The van der Waals surface area contributed by atoms with Crippen molar-refractivity contribution < 1.29 is 14.2 Å². The molecule has 0 radical (unpaired) electrons. The highest BCUT2D eigenvalue weighted by atomic mass is 16.6.